The van der Waals surface area contributed by atoms with Crippen LogP contribution < -0.4 is 4.90 Å². The van der Waals surface area contributed by atoms with Crippen molar-refractivity contribution < 1.29 is 4.79 Å². The molecule has 1 aliphatic heterocycles. The van der Waals surface area contributed by atoms with Crippen LogP contribution in [0.3, 0.4) is 0 Å². The van der Waals surface area contributed by atoms with Gasteiger partial charge in [0, 0.05) is 31.7 Å². The van der Waals surface area contributed by atoms with E-state index >= 15 is 0 Å². The largest absolute Gasteiger partial charge is 0.352 e. The van der Waals surface area contributed by atoms with Gasteiger partial charge in [0.2, 0.25) is 6.41 Å². The van der Waals surface area contributed by atoms with E-state index in [1.165, 1.54) is 0 Å². The summed E-state index contributed by atoms with van der Waals surface area (Å²) in [5.74, 6) is 0.915. The van der Waals surface area contributed by atoms with Crippen molar-refractivity contribution in [3.8, 4) is 11.3 Å². The van der Waals surface area contributed by atoms with Gasteiger partial charge in [0.05, 0.1) is 11.9 Å². The third-order valence-corrected chi connectivity index (χ3v) is 4.21. The van der Waals surface area contributed by atoms with Gasteiger partial charge in [-0.2, -0.15) is 0 Å². The molecule has 1 amide bonds. The first-order valence-corrected chi connectivity index (χ1v) is 7.70. The zero-order chi connectivity index (χ0) is 15.6. The molecule has 0 bridgehead atoms. The molecule has 0 radical (unpaired) electrons. The minimum atomic E-state index is 0.735. The summed E-state index contributed by atoms with van der Waals surface area (Å²) < 4.78 is 1.89. The van der Waals surface area contributed by atoms with Crippen molar-refractivity contribution in [2.45, 2.75) is 0 Å². The van der Waals surface area contributed by atoms with E-state index in [4.69, 9.17) is 5.10 Å². The third kappa shape index (κ3) is 2.52. The van der Waals surface area contributed by atoms with Crippen molar-refractivity contribution in [1.82, 2.24) is 19.5 Å². The summed E-state index contributed by atoms with van der Waals surface area (Å²) in [5.41, 5.74) is 2.91. The van der Waals surface area contributed by atoms with Gasteiger partial charge in [-0.25, -0.2) is 9.50 Å². The van der Waals surface area contributed by atoms with E-state index in [0.29, 0.717) is 0 Å². The molecule has 0 saturated carbocycles. The Bertz CT molecular complexity index is 821. The highest BCUT2D eigenvalue weighted by Gasteiger charge is 2.17. The van der Waals surface area contributed by atoms with Gasteiger partial charge in [-0.15, -0.1) is 5.10 Å². The number of carbonyl (C=O) groups is 1. The molecule has 23 heavy (non-hydrogen) atoms. The van der Waals surface area contributed by atoms with Crippen LogP contribution in [0.2, 0.25) is 0 Å². The van der Waals surface area contributed by atoms with Crippen molar-refractivity contribution in [2.75, 3.05) is 31.1 Å². The molecule has 4 rings (SSSR count). The highest BCUT2D eigenvalue weighted by molar-refractivity contribution is 5.63. The van der Waals surface area contributed by atoms with Crippen LogP contribution in [-0.2, 0) is 4.79 Å². The normalized spacial score (nSPS) is 15.1. The fourth-order valence-corrected chi connectivity index (χ4v) is 2.89. The molecule has 0 aliphatic carbocycles. The molecule has 0 N–H and O–H groups in total. The molecule has 1 aliphatic rings. The molecule has 3 heterocycles. The van der Waals surface area contributed by atoms with Crippen molar-refractivity contribution in [3.63, 3.8) is 0 Å². The number of hydrogen-bond donors (Lipinski definition) is 0. The van der Waals surface area contributed by atoms with Crippen LogP contribution in [0.5, 0.6) is 0 Å². The predicted molar refractivity (Wildman–Crippen MR) is 88.3 cm³/mol. The monoisotopic (exact) mass is 307 g/mol. The predicted octanol–water partition coefficient (Wildman–Crippen LogP) is 1.67. The van der Waals surface area contributed by atoms with Crippen molar-refractivity contribution in [2.24, 2.45) is 0 Å². The lowest BCUT2D eigenvalue weighted by atomic mass is 10.2. The van der Waals surface area contributed by atoms with Crippen LogP contribution in [0.4, 0.5) is 5.82 Å². The molecular weight excluding hydrogens is 290 g/mol. The number of rotatable bonds is 3. The Morgan fingerprint density at radius 1 is 0.957 bits per heavy atom. The maximum atomic E-state index is 10.8. The molecule has 1 saturated heterocycles. The van der Waals surface area contributed by atoms with Crippen LogP contribution in [0.15, 0.2) is 48.7 Å². The van der Waals surface area contributed by atoms with E-state index in [1.807, 2.05) is 41.0 Å². The van der Waals surface area contributed by atoms with Gasteiger partial charge in [0.25, 0.3) is 0 Å². The molecule has 6 heteroatoms. The highest BCUT2D eigenvalue weighted by atomic mass is 16.1. The maximum Gasteiger partial charge on any atom is 0.209 e. The standard InChI is InChI=1S/C17H17N5O/c23-13-20-8-10-21(11-9-20)17-7-6-16-18-12-15(22(16)19-17)14-4-2-1-3-5-14/h1-7,12-13H,8-11H2. The number of amides is 1. The molecule has 116 valence electrons. The number of hydrogen-bond acceptors (Lipinski definition) is 4. The summed E-state index contributed by atoms with van der Waals surface area (Å²) in [6.45, 7) is 3.07. The van der Waals surface area contributed by atoms with E-state index in [1.54, 1.807) is 4.90 Å². The Morgan fingerprint density at radius 3 is 2.48 bits per heavy atom. The van der Waals surface area contributed by atoms with Crippen LogP contribution in [0.25, 0.3) is 16.9 Å². The number of benzene rings is 1. The topological polar surface area (TPSA) is 53.7 Å². The van der Waals surface area contributed by atoms with Gasteiger partial charge in [0.15, 0.2) is 5.65 Å². The summed E-state index contributed by atoms with van der Waals surface area (Å²) in [6.07, 6.45) is 2.77. The highest BCUT2D eigenvalue weighted by Crippen LogP contribution is 2.21. The van der Waals surface area contributed by atoms with Gasteiger partial charge >= 0.3 is 0 Å². The Balaban J connectivity index is 1.69. The SMILES string of the molecule is O=CN1CCN(c2ccc3ncc(-c4ccccc4)n3n2)CC1. The number of carbonyl (C=O) groups excluding carboxylic acids is 1. The first-order chi connectivity index (χ1) is 11.3. The van der Waals surface area contributed by atoms with Gasteiger partial charge in [-0.3, -0.25) is 4.79 Å². The van der Waals surface area contributed by atoms with Crippen molar-refractivity contribution >= 4 is 17.9 Å². The summed E-state index contributed by atoms with van der Waals surface area (Å²) in [5, 5.41) is 4.76. The molecular formula is C17H17N5O. The molecule has 3 aromatic rings. The fraction of sp³-hybridized carbons (Fsp3) is 0.235. The number of nitrogens with zero attached hydrogens (tertiary/aromatic N) is 5. The second kappa shape index (κ2) is 5.72. The summed E-state index contributed by atoms with van der Waals surface area (Å²) in [6, 6.07) is 14.1. The van der Waals surface area contributed by atoms with Crippen LogP contribution in [-0.4, -0.2) is 52.1 Å². The molecule has 0 atom stereocenters. The Labute approximate surface area is 134 Å². The lowest BCUT2D eigenvalue weighted by Crippen LogP contribution is -2.46. The van der Waals surface area contributed by atoms with E-state index < -0.39 is 0 Å². The fourth-order valence-electron chi connectivity index (χ4n) is 2.89. The number of imidazole rings is 1. The summed E-state index contributed by atoms with van der Waals surface area (Å²) >= 11 is 0. The van der Waals surface area contributed by atoms with Gasteiger partial charge in [-0.05, 0) is 12.1 Å². The van der Waals surface area contributed by atoms with E-state index in [0.717, 1.165) is 55.3 Å². The van der Waals surface area contributed by atoms with Gasteiger partial charge < -0.3 is 9.80 Å². The van der Waals surface area contributed by atoms with Crippen molar-refractivity contribution in [1.29, 1.82) is 0 Å². The maximum absolute atomic E-state index is 10.8. The average molecular weight is 307 g/mol. The number of aromatic nitrogens is 3. The average Bonchev–Trinajstić information content (AvgIpc) is 3.05. The van der Waals surface area contributed by atoms with Gasteiger partial charge in [-0.1, -0.05) is 30.3 Å². The van der Waals surface area contributed by atoms with Crippen LogP contribution in [0, 0.1) is 0 Å². The number of fused-ring (bicyclic) bond motifs is 1. The number of anilines is 1. The Morgan fingerprint density at radius 2 is 1.74 bits per heavy atom. The molecule has 2 aromatic heterocycles. The molecule has 1 aromatic carbocycles. The Kier molecular flexibility index (Phi) is 3.42. The quantitative estimate of drug-likeness (QED) is 0.691. The lowest BCUT2D eigenvalue weighted by Gasteiger charge is -2.33. The first kappa shape index (κ1) is 13.8. The first-order valence-electron chi connectivity index (χ1n) is 7.70. The van der Waals surface area contributed by atoms with E-state index in [9.17, 15) is 4.79 Å². The zero-order valence-electron chi connectivity index (χ0n) is 12.7. The second-order valence-corrected chi connectivity index (χ2v) is 5.60. The summed E-state index contributed by atoms with van der Waals surface area (Å²) in [7, 11) is 0. The number of piperazine rings is 1. The Hall–Kier alpha value is -2.89. The van der Waals surface area contributed by atoms with Crippen molar-refractivity contribution in [3.05, 3.63) is 48.7 Å². The van der Waals surface area contributed by atoms with E-state index in [2.05, 4.69) is 22.0 Å². The second-order valence-electron chi connectivity index (χ2n) is 5.60. The summed E-state index contributed by atoms with van der Waals surface area (Å²) in [4.78, 5) is 19.3. The van der Waals surface area contributed by atoms with E-state index in [-0.39, 0.29) is 0 Å². The molecule has 0 spiro atoms. The molecule has 1 fully saturated rings. The lowest BCUT2D eigenvalue weighted by molar-refractivity contribution is -0.118. The molecule has 0 unspecified atom stereocenters. The van der Waals surface area contributed by atoms with Crippen LogP contribution in [0.1, 0.15) is 0 Å². The minimum absolute atomic E-state index is 0.735. The molecule has 6 nitrogen and oxygen atoms in total. The minimum Gasteiger partial charge on any atom is -0.352 e. The van der Waals surface area contributed by atoms with Crippen LogP contribution >= 0.6 is 0 Å². The third-order valence-electron chi connectivity index (χ3n) is 4.21. The van der Waals surface area contributed by atoms with Gasteiger partial charge in [0.1, 0.15) is 5.82 Å². The smallest absolute Gasteiger partial charge is 0.209 e. The zero-order valence-corrected chi connectivity index (χ0v) is 12.7.